The summed E-state index contributed by atoms with van der Waals surface area (Å²) in [6, 6.07) is 9.16. The number of benzene rings is 1. The number of piperidine rings is 1. The summed E-state index contributed by atoms with van der Waals surface area (Å²) < 4.78 is 0. The van der Waals surface area contributed by atoms with Crippen LogP contribution in [0.15, 0.2) is 36.5 Å². The molecule has 2 aromatic rings. The van der Waals surface area contributed by atoms with Gasteiger partial charge in [-0.1, -0.05) is 6.07 Å². The molecule has 2 saturated heterocycles. The maximum Gasteiger partial charge on any atom is 0.255 e. The molecule has 1 aromatic carbocycles. The van der Waals surface area contributed by atoms with Gasteiger partial charge >= 0.3 is 0 Å². The molecule has 4 heterocycles. The Labute approximate surface area is 199 Å². The molecule has 3 aliphatic heterocycles. The predicted molar refractivity (Wildman–Crippen MR) is 125 cm³/mol. The summed E-state index contributed by atoms with van der Waals surface area (Å²) in [6.45, 7) is 6.74. The number of rotatable bonds is 5. The zero-order valence-corrected chi connectivity index (χ0v) is 19.6. The first kappa shape index (κ1) is 22.7. The lowest BCUT2D eigenvalue weighted by Crippen LogP contribution is -2.52. The molecule has 34 heavy (non-hydrogen) atoms. The van der Waals surface area contributed by atoms with Gasteiger partial charge in [-0.25, -0.2) is 0 Å². The van der Waals surface area contributed by atoms with Crippen LogP contribution in [0, 0.1) is 5.92 Å². The van der Waals surface area contributed by atoms with Gasteiger partial charge in [-0.05, 0) is 68.6 Å². The Bertz CT molecular complexity index is 1160. The van der Waals surface area contributed by atoms with Gasteiger partial charge in [-0.2, -0.15) is 0 Å². The summed E-state index contributed by atoms with van der Waals surface area (Å²) >= 11 is 0. The Morgan fingerprint density at radius 3 is 2.71 bits per heavy atom. The lowest BCUT2D eigenvalue weighted by molar-refractivity contribution is -0.136. The average Bonchev–Trinajstić information content (AvgIpc) is 3.39. The third kappa shape index (κ3) is 4.35. The number of hydrogen-bond donors (Lipinski definition) is 2. The van der Waals surface area contributed by atoms with Gasteiger partial charge in [0, 0.05) is 49.3 Å². The summed E-state index contributed by atoms with van der Waals surface area (Å²) in [5.41, 5.74) is 3.72. The molecule has 8 heteroatoms. The summed E-state index contributed by atoms with van der Waals surface area (Å²) in [6.07, 6.45) is 3.39. The number of nitrogens with one attached hydrogen (secondary N) is 1. The van der Waals surface area contributed by atoms with Crippen LogP contribution in [0.25, 0.3) is 11.3 Å². The number of likely N-dealkylation sites (tertiary alicyclic amines) is 1. The van der Waals surface area contributed by atoms with Crippen molar-refractivity contribution in [2.45, 2.75) is 57.8 Å². The van der Waals surface area contributed by atoms with E-state index >= 15 is 0 Å². The van der Waals surface area contributed by atoms with Crippen molar-refractivity contribution in [3.8, 4) is 11.3 Å². The monoisotopic (exact) mass is 462 g/mol. The normalized spacial score (nSPS) is 23.4. The average molecular weight is 463 g/mol. The molecule has 0 bridgehead atoms. The molecule has 0 aliphatic carbocycles. The van der Waals surface area contributed by atoms with Crippen molar-refractivity contribution in [1.29, 1.82) is 0 Å². The molecule has 2 fully saturated rings. The second-order valence-corrected chi connectivity index (χ2v) is 10.2. The van der Waals surface area contributed by atoms with Crippen LogP contribution in [0.3, 0.4) is 0 Å². The number of imide groups is 1. The molecular formula is C26H30N4O4. The van der Waals surface area contributed by atoms with Gasteiger partial charge < -0.3 is 10.0 Å². The van der Waals surface area contributed by atoms with Crippen LogP contribution in [-0.4, -0.2) is 62.3 Å². The van der Waals surface area contributed by atoms with E-state index in [1.54, 1.807) is 4.90 Å². The third-order valence-corrected chi connectivity index (χ3v) is 7.32. The highest BCUT2D eigenvalue weighted by Gasteiger charge is 2.39. The van der Waals surface area contributed by atoms with Gasteiger partial charge in [0.05, 0.1) is 11.3 Å². The summed E-state index contributed by atoms with van der Waals surface area (Å²) in [5.74, 6) is -0.590. The molecule has 5 rings (SSSR count). The minimum atomic E-state index is -0.665. The van der Waals surface area contributed by atoms with Gasteiger partial charge in [0.1, 0.15) is 6.04 Å². The van der Waals surface area contributed by atoms with Gasteiger partial charge in [0.15, 0.2) is 0 Å². The Kier molecular flexibility index (Phi) is 5.73. The standard InChI is InChI=1S/C26H30N4O4/c1-26(2,34)19-8-10-29(15-19)13-16-7-9-27-21(11-16)17-3-4-20-18(12-17)14-30(25(20)33)22-5-6-23(31)28-24(22)32/h3-4,7,9,11-12,19,22,34H,5-6,8,10,13-15H2,1-2H3,(H,28,31,32). The Morgan fingerprint density at radius 1 is 1.15 bits per heavy atom. The van der Waals surface area contributed by atoms with Crippen LogP contribution in [0.2, 0.25) is 0 Å². The first-order valence-corrected chi connectivity index (χ1v) is 11.9. The van der Waals surface area contributed by atoms with Gasteiger partial charge in [0.2, 0.25) is 11.8 Å². The van der Waals surface area contributed by atoms with Gasteiger partial charge in [-0.3, -0.25) is 29.6 Å². The molecule has 0 saturated carbocycles. The van der Waals surface area contributed by atoms with E-state index in [0.717, 1.165) is 48.4 Å². The smallest absolute Gasteiger partial charge is 0.255 e. The molecule has 0 radical (unpaired) electrons. The molecule has 8 nitrogen and oxygen atoms in total. The molecule has 2 unspecified atom stereocenters. The largest absolute Gasteiger partial charge is 0.390 e. The number of carbonyl (C=O) groups excluding carboxylic acids is 3. The van der Waals surface area contributed by atoms with Crippen LogP contribution in [0.4, 0.5) is 0 Å². The molecule has 2 atom stereocenters. The molecule has 0 spiro atoms. The highest BCUT2D eigenvalue weighted by molar-refractivity contribution is 6.05. The van der Waals surface area contributed by atoms with E-state index in [2.05, 4.69) is 21.3 Å². The maximum atomic E-state index is 12.9. The van der Waals surface area contributed by atoms with Gasteiger partial charge in [-0.15, -0.1) is 0 Å². The second-order valence-electron chi connectivity index (χ2n) is 10.2. The third-order valence-electron chi connectivity index (χ3n) is 7.32. The van der Waals surface area contributed by atoms with Crippen molar-refractivity contribution in [3.05, 3.63) is 53.2 Å². The Balaban J connectivity index is 1.31. The number of amides is 3. The highest BCUT2D eigenvalue weighted by atomic mass is 16.3. The summed E-state index contributed by atoms with van der Waals surface area (Å²) in [4.78, 5) is 45.2. The van der Waals surface area contributed by atoms with Crippen molar-refractivity contribution in [1.82, 2.24) is 20.1 Å². The SMILES string of the molecule is CC(C)(O)C1CCN(Cc2ccnc(-c3ccc4c(c3)CN(C3CCC(=O)NC3=O)C4=O)c2)C1. The van der Waals surface area contributed by atoms with E-state index in [0.29, 0.717) is 18.5 Å². The molecule has 3 aliphatic rings. The quantitative estimate of drug-likeness (QED) is 0.660. The topological polar surface area (TPSA) is 103 Å². The maximum absolute atomic E-state index is 12.9. The van der Waals surface area contributed by atoms with E-state index in [9.17, 15) is 19.5 Å². The fourth-order valence-electron chi connectivity index (χ4n) is 5.28. The number of nitrogens with zero attached hydrogens (tertiary/aromatic N) is 3. The minimum Gasteiger partial charge on any atom is -0.390 e. The summed E-state index contributed by atoms with van der Waals surface area (Å²) in [5, 5.41) is 12.7. The zero-order chi connectivity index (χ0) is 24.0. The van der Waals surface area contributed by atoms with Crippen LogP contribution in [0.5, 0.6) is 0 Å². The number of fused-ring (bicyclic) bond motifs is 1. The lowest BCUT2D eigenvalue weighted by atomic mass is 9.90. The van der Waals surface area contributed by atoms with Crippen molar-refractivity contribution in [2.75, 3.05) is 13.1 Å². The van der Waals surface area contributed by atoms with Crippen LogP contribution >= 0.6 is 0 Å². The van der Waals surface area contributed by atoms with E-state index in [-0.39, 0.29) is 24.2 Å². The Morgan fingerprint density at radius 2 is 1.97 bits per heavy atom. The second kappa shape index (κ2) is 8.60. The first-order valence-electron chi connectivity index (χ1n) is 11.9. The highest BCUT2D eigenvalue weighted by Crippen LogP contribution is 2.32. The fraction of sp³-hybridized carbons (Fsp3) is 0.462. The van der Waals surface area contributed by atoms with Crippen LogP contribution < -0.4 is 5.32 Å². The number of aromatic nitrogens is 1. The van der Waals surface area contributed by atoms with Crippen LogP contribution in [-0.2, 0) is 22.7 Å². The van der Waals surface area contributed by atoms with E-state index in [1.807, 2.05) is 44.3 Å². The molecule has 3 amide bonds. The van der Waals surface area contributed by atoms with E-state index < -0.39 is 17.6 Å². The van der Waals surface area contributed by atoms with Crippen molar-refractivity contribution >= 4 is 17.7 Å². The zero-order valence-electron chi connectivity index (χ0n) is 19.6. The summed E-state index contributed by atoms with van der Waals surface area (Å²) in [7, 11) is 0. The number of carbonyl (C=O) groups is 3. The number of hydrogen-bond acceptors (Lipinski definition) is 6. The fourth-order valence-corrected chi connectivity index (χ4v) is 5.28. The lowest BCUT2D eigenvalue weighted by Gasteiger charge is -2.29. The van der Waals surface area contributed by atoms with E-state index in [1.165, 1.54) is 0 Å². The van der Waals surface area contributed by atoms with Crippen molar-refractivity contribution in [2.24, 2.45) is 5.92 Å². The van der Waals surface area contributed by atoms with Crippen molar-refractivity contribution in [3.63, 3.8) is 0 Å². The minimum absolute atomic E-state index is 0.173. The molecular weight excluding hydrogens is 432 g/mol. The predicted octanol–water partition coefficient (Wildman–Crippen LogP) is 2.10. The number of pyridine rings is 1. The number of aliphatic hydroxyl groups is 1. The van der Waals surface area contributed by atoms with Gasteiger partial charge in [0.25, 0.3) is 5.91 Å². The Hall–Kier alpha value is -3.10. The molecule has 1 aromatic heterocycles. The van der Waals surface area contributed by atoms with Crippen LogP contribution in [0.1, 0.15) is 54.6 Å². The molecule has 178 valence electrons. The van der Waals surface area contributed by atoms with E-state index in [4.69, 9.17) is 0 Å². The van der Waals surface area contributed by atoms with Crippen molar-refractivity contribution < 1.29 is 19.5 Å². The molecule has 2 N–H and O–H groups in total. The first-order chi connectivity index (χ1) is 16.2.